The minimum atomic E-state index is -5.38. The maximum Gasteiger partial charge on any atom is 0.511 e. The molecule has 3 aromatic rings. The number of aromatic nitrogens is 5. The van der Waals surface area contributed by atoms with Crippen molar-refractivity contribution in [1.82, 2.24) is 28.7 Å². The van der Waals surface area contributed by atoms with Gasteiger partial charge in [0.2, 0.25) is 0 Å². The van der Waals surface area contributed by atoms with Gasteiger partial charge in [-0.15, -0.1) is 0 Å². The number of halogens is 3. The molecule has 33 heavy (non-hydrogen) atoms. The standard InChI is InChI=1S/C19H21F3N8O2S/c1-3-18(11-28(12-18)33(31,32)19(20,21)22)30-9-14(8-26-30)17-16-4-5-25-29(16)10-15(27-17)13(6-23)7-24-2/h4-10H,3,11-12,23H2,1-2H3. The van der Waals surface area contributed by atoms with Gasteiger partial charge in [-0.3, -0.25) is 9.67 Å². The summed E-state index contributed by atoms with van der Waals surface area (Å²) in [7, 11) is -3.78. The maximum absolute atomic E-state index is 12.9. The lowest BCUT2D eigenvalue weighted by Crippen LogP contribution is -2.65. The van der Waals surface area contributed by atoms with Gasteiger partial charge < -0.3 is 5.73 Å². The van der Waals surface area contributed by atoms with Gasteiger partial charge in [-0.05, 0) is 12.5 Å². The van der Waals surface area contributed by atoms with Crippen LogP contribution in [0.25, 0.3) is 22.3 Å². The molecule has 0 unspecified atom stereocenters. The highest BCUT2D eigenvalue weighted by atomic mass is 32.2. The van der Waals surface area contributed by atoms with Gasteiger partial charge in [-0.2, -0.15) is 27.7 Å². The van der Waals surface area contributed by atoms with Gasteiger partial charge in [0.05, 0.1) is 41.0 Å². The van der Waals surface area contributed by atoms with Gasteiger partial charge in [0.15, 0.2) is 0 Å². The molecule has 1 saturated heterocycles. The van der Waals surface area contributed by atoms with Crippen molar-refractivity contribution in [1.29, 1.82) is 0 Å². The number of sulfonamides is 1. The third-order valence-corrected chi connectivity index (χ3v) is 7.23. The SMILES string of the molecule is CCC1(n2cc(-c3nc(C(C=NC)=CN)cn4nccc34)cn2)CN(S(=O)(=O)C(F)(F)F)C1. The number of rotatable bonds is 6. The molecule has 3 aromatic heterocycles. The van der Waals surface area contributed by atoms with Crippen LogP contribution in [0, 0.1) is 0 Å². The van der Waals surface area contributed by atoms with Crippen molar-refractivity contribution in [3.05, 3.63) is 42.7 Å². The molecule has 14 heteroatoms. The number of allylic oxidation sites excluding steroid dienone is 1. The van der Waals surface area contributed by atoms with Crippen LogP contribution in [-0.4, -0.2) is 69.0 Å². The lowest BCUT2D eigenvalue weighted by Gasteiger charge is -2.48. The van der Waals surface area contributed by atoms with Crippen molar-refractivity contribution in [2.24, 2.45) is 10.7 Å². The van der Waals surface area contributed by atoms with Crippen LogP contribution in [0.5, 0.6) is 0 Å². The van der Waals surface area contributed by atoms with E-state index in [1.54, 1.807) is 49.4 Å². The molecule has 0 aliphatic carbocycles. The number of nitrogens with two attached hydrogens (primary N) is 1. The van der Waals surface area contributed by atoms with Crippen LogP contribution < -0.4 is 5.73 Å². The molecular formula is C19H21F3N8O2S. The van der Waals surface area contributed by atoms with E-state index in [0.717, 1.165) is 0 Å². The maximum atomic E-state index is 12.9. The van der Waals surface area contributed by atoms with Crippen LogP contribution >= 0.6 is 0 Å². The highest BCUT2D eigenvalue weighted by molar-refractivity contribution is 7.90. The van der Waals surface area contributed by atoms with Crippen molar-refractivity contribution in [2.75, 3.05) is 20.1 Å². The molecule has 1 fully saturated rings. The first-order chi connectivity index (χ1) is 15.6. The number of hydrogen-bond donors (Lipinski definition) is 1. The van der Waals surface area contributed by atoms with Crippen molar-refractivity contribution in [3.63, 3.8) is 0 Å². The number of hydrogen-bond acceptors (Lipinski definition) is 7. The van der Waals surface area contributed by atoms with E-state index in [1.165, 1.54) is 17.1 Å². The Morgan fingerprint density at radius 3 is 2.64 bits per heavy atom. The highest BCUT2D eigenvalue weighted by Crippen LogP contribution is 2.39. The molecule has 0 radical (unpaired) electrons. The summed E-state index contributed by atoms with van der Waals surface area (Å²) in [5, 5.41) is 8.60. The molecule has 0 aromatic carbocycles. The Bertz CT molecular complexity index is 1350. The number of fused-ring (bicyclic) bond motifs is 1. The zero-order chi connectivity index (χ0) is 24.0. The fraction of sp³-hybridized carbons (Fsp3) is 0.368. The van der Waals surface area contributed by atoms with Crippen molar-refractivity contribution in [2.45, 2.75) is 24.4 Å². The van der Waals surface area contributed by atoms with E-state index in [2.05, 4.69) is 20.2 Å². The summed E-state index contributed by atoms with van der Waals surface area (Å²) in [6.07, 6.45) is 9.81. The van der Waals surface area contributed by atoms with Gasteiger partial charge in [-0.1, -0.05) is 6.92 Å². The number of aliphatic imine (C=N–C) groups is 1. The molecular weight excluding hydrogens is 461 g/mol. The molecule has 0 amide bonds. The first-order valence-corrected chi connectivity index (χ1v) is 11.3. The zero-order valence-electron chi connectivity index (χ0n) is 17.7. The van der Waals surface area contributed by atoms with Crippen LogP contribution in [0.4, 0.5) is 13.2 Å². The van der Waals surface area contributed by atoms with E-state index >= 15 is 0 Å². The minimum absolute atomic E-state index is 0.324. The number of nitrogens with zero attached hydrogens (tertiary/aromatic N) is 7. The van der Waals surface area contributed by atoms with E-state index < -0.39 is 21.1 Å². The average molecular weight is 482 g/mol. The average Bonchev–Trinajstić information content (AvgIpc) is 3.40. The molecule has 0 saturated carbocycles. The summed E-state index contributed by atoms with van der Waals surface area (Å²) < 4.78 is 65.7. The van der Waals surface area contributed by atoms with Gasteiger partial charge in [0.1, 0.15) is 0 Å². The fourth-order valence-corrected chi connectivity index (χ4v) is 4.89. The molecule has 1 aliphatic rings. The Balaban J connectivity index is 1.71. The molecule has 1 aliphatic heterocycles. The Hall–Kier alpha value is -3.26. The predicted octanol–water partition coefficient (Wildman–Crippen LogP) is 1.86. The van der Waals surface area contributed by atoms with E-state index in [4.69, 9.17) is 5.73 Å². The summed E-state index contributed by atoms with van der Waals surface area (Å²) in [4.78, 5) is 8.65. The normalized spacial score (nSPS) is 17.7. The minimum Gasteiger partial charge on any atom is -0.404 e. The van der Waals surface area contributed by atoms with Crippen LogP contribution in [-0.2, 0) is 15.6 Å². The lowest BCUT2D eigenvalue weighted by molar-refractivity contribution is -0.0570. The van der Waals surface area contributed by atoms with Crippen LogP contribution in [0.15, 0.2) is 42.0 Å². The summed E-state index contributed by atoms with van der Waals surface area (Å²) >= 11 is 0. The Labute approximate surface area is 187 Å². The quantitative estimate of drug-likeness (QED) is 0.535. The van der Waals surface area contributed by atoms with Gasteiger partial charge in [0.25, 0.3) is 0 Å². The monoisotopic (exact) mass is 482 g/mol. The van der Waals surface area contributed by atoms with E-state index in [0.29, 0.717) is 38.8 Å². The number of alkyl halides is 3. The zero-order valence-corrected chi connectivity index (χ0v) is 18.5. The van der Waals surface area contributed by atoms with Crippen LogP contribution in [0.1, 0.15) is 19.0 Å². The fourth-order valence-electron chi connectivity index (χ4n) is 3.77. The second-order valence-corrected chi connectivity index (χ2v) is 9.54. The molecule has 0 spiro atoms. The smallest absolute Gasteiger partial charge is 0.404 e. The van der Waals surface area contributed by atoms with Gasteiger partial charge >= 0.3 is 15.5 Å². The van der Waals surface area contributed by atoms with E-state index in [-0.39, 0.29) is 13.1 Å². The second kappa shape index (κ2) is 7.95. The Kier molecular flexibility index (Phi) is 5.52. The molecule has 4 rings (SSSR count). The van der Waals surface area contributed by atoms with Crippen LogP contribution in [0.2, 0.25) is 0 Å². The van der Waals surface area contributed by atoms with Gasteiger partial charge in [-0.25, -0.2) is 17.9 Å². The summed E-state index contributed by atoms with van der Waals surface area (Å²) in [5.41, 5.74) is 2.38. The van der Waals surface area contributed by atoms with Crippen molar-refractivity contribution >= 4 is 27.3 Å². The van der Waals surface area contributed by atoms with Crippen molar-refractivity contribution in [3.8, 4) is 11.3 Å². The molecule has 4 heterocycles. The first kappa shape index (κ1) is 22.9. The highest BCUT2D eigenvalue weighted by Gasteiger charge is 2.58. The second-order valence-electron chi connectivity index (χ2n) is 7.62. The summed E-state index contributed by atoms with van der Waals surface area (Å²) in [5.74, 6) is 0. The Morgan fingerprint density at radius 2 is 2.03 bits per heavy atom. The summed E-state index contributed by atoms with van der Waals surface area (Å²) in [6, 6.07) is 1.76. The Morgan fingerprint density at radius 1 is 1.30 bits per heavy atom. The topological polar surface area (TPSA) is 124 Å². The molecule has 176 valence electrons. The van der Waals surface area contributed by atoms with E-state index in [1.807, 2.05) is 0 Å². The van der Waals surface area contributed by atoms with Crippen LogP contribution in [0.3, 0.4) is 0 Å². The lowest BCUT2D eigenvalue weighted by atomic mass is 9.89. The van der Waals surface area contributed by atoms with E-state index in [9.17, 15) is 21.6 Å². The third kappa shape index (κ3) is 3.68. The van der Waals surface area contributed by atoms with Crippen molar-refractivity contribution < 1.29 is 21.6 Å². The molecule has 2 N–H and O–H groups in total. The molecule has 0 bridgehead atoms. The van der Waals surface area contributed by atoms with Gasteiger partial charge in [0, 0.05) is 49.9 Å². The summed E-state index contributed by atoms with van der Waals surface area (Å²) in [6.45, 7) is 1.12. The predicted molar refractivity (Wildman–Crippen MR) is 116 cm³/mol. The molecule has 0 atom stereocenters. The first-order valence-electron chi connectivity index (χ1n) is 9.87. The largest absolute Gasteiger partial charge is 0.511 e. The third-order valence-electron chi connectivity index (χ3n) is 5.71. The molecule has 10 nitrogen and oxygen atoms in total.